The first-order valence-electron chi connectivity index (χ1n) is 5.70. The summed E-state index contributed by atoms with van der Waals surface area (Å²) in [4.78, 5) is 10.6. The van der Waals surface area contributed by atoms with E-state index >= 15 is 0 Å². The van der Waals surface area contributed by atoms with Crippen molar-refractivity contribution in [1.82, 2.24) is 10.2 Å². The summed E-state index contributed by atoms with van der Waals surface area (Å²) >= 11 is 3.30. The van der Waals surface area contributed by atoms with Gasteiger partial charge in [-0.1, -0.05) is 15.9 Å². The highest BCUT2D eigenvalue weighted by molar-refractivity contribution is 9.10. The van der Waals surface area contributed by atoms with E-state index in [0.717, 1.165) is 10.2 Å². The van der Waals surface area contributed by atoms with Crippen LogP contribution < -0.4 is 0 Å². The molecular weight excluding hydrogens is 315 g/mol. The molecule has 2 rings (SSSR count). The normalized spacial score (nSPS) is 10.7. The topological polar surface area (TPSA) is 66.0 Å². The zero-order valence-electron chi connectivity index (χ0n) is 10.2. The first kappa shape index (κ1) is 13.7. The van der Waals surface area contributed by atoms with Crippen molar-refractivity contribution in [2.24, 2.45) is 0 Å². The number of nitrogens with one attached hydrogen (secondary N) is 1. The summed E-state index contributed by atoms with van der Waals surface area (Å²) in [6.07, 6.45) is 0.230. The van der Waals surface area contributed by atoms with Crippen LogP contribution in [0.25, 0.3) is 11.1 Å². The highest BCUT2D eigenvalue weighted by atomic mass is 79.9. The standard InChI is InChI=1S/C13H12BrFN2O2/c1-7-13(9-6-8(14)2-3-10(9)15)11(17-16-7)4-5-12(18)19/h2-3,6H,4-5H2,1H3,(H,16,17)(H,18,19). The Morgan fingerprint density at radius 1 is 1.53 bits per heavy atom. The Hall–Kier alpha value is -1.69. The number of halogens is 2. The van der Waals surface area contributed by atoms with E-state index in [4.69, 9.17) is 5.11 Å². The van der Waals surface area contributed by atoms with E-state index in [1.807, 2.05) is 0 Å². The van der Waals surface area contributed by atoms with Gasteiger partial charge in [-0.2, -0.15) is 5.10 Å². The van der Waals surface area contributed by atoms with Crippen LogP contribution in [0.5, 0.6) is 0 Å². The average Bonchev–Trinajstić information content (AvgIpc) is 2.71. The molecule has 1 aromatic heterocycles. The van der Waals surface area contributed by atoms with Gasteiger partial charge in [0, 0.05) is 27.7 Å². The number of rotatable bonds is 4. The van der Waals surface area contributed by atoms with E-state index in [0.29, 0.717) is 16.8 Å². The number of aromatic nitrogens is 2. The summed E-state index contributed by atoms with van der Waals surface area (Å²) in [6.45, 7) is 1.78. The van der Waals surface area contributed by atoms with Crippen LogP contribution in [0.1, 0.15) is 17.8 Å². The lowest BCUT2D eigenvalue weighted by Gasteiger charge is -2.06. The van der Waals surface area contributed by atoms with Gasteiger partial charge in [0.05, 0.1) is 12.1 Å². The Morgan fingerprint density at radius 3 is 2.95 bits per heavy atom. The summed E-state index contributed by atoms with van der Waals surface area (Å²) < 4.78 is 14.7. The number of carbonyl (C=O) groups is 1. The number of hydrogen-bond donors (Lipinski definition) is 2. The lowest BCUT2D eigenvalue weighted by Crippen LogP contribution is -1.99. The van der Waals surface area contributed by atoms with Crippen molar-refractivity contribution in [3.8, 4) is 11.1 Å². The maximum atomic E-state index is 13.9. The minimum Gasteiger partial charge on any atom is -0.481 e. The van der Waals surface area contributed by atoms with Gasteiger partial charge in [-0.05, 0) is 25.1 Å². The fourth-order valence-corrected chi connectivity index (χ4v) is 2.29. The smallest absolute Gasteiger partial charge is 0.303 e. The van der Waals surface area contributed by atoms with Crippen molar-refractivity contribution in [2.45, 2.75) is 19.8 Å². The molecule has 0 radical (unpaired) electrons. The number of carboxylic acid groups (broad SMARTS) is 1. The summed E-state index contributed by atoms with van der Waals surface area (Å²) in [5.74, 6) is -1.26. The maximum absolute atomic E-state index is 13.9. The molecule has 0 aliphatic carbocycles. The van der Waals surface area contributed by atoms with E-state index in [-0.39, 0.29) is 18.7 Å². The third-order valence-electron chi connectivity index (χ3n) is 2.80. The first-order chi connectivity index (χ1) is 8.99. The molecule has 4 nitrogen and oxygen atoms in total. The minimum atomic E-state index is -0.902. The molecule has 1 heterocycles. The number of H-pyrrole nitrogens is 1. The summed E-state index contributed by atoms with van der Waals surface area (Å²) in [5.41, 5.74) is 2.34. The highest BCUT2D eigenvalue weighted by Crippen LogP contribution is 2.31. The van der Waals surface area contributed by atoms with Gasteiger partial charge in [-0.15, -0.1) is 0 Å². The number of aryl methyl sites for hydroxylation is 2. The number of aliphatic carboxylic acids is 1. The van der Waals surface area contributed by atoms with Crippen molar-refractivity contribution in [2.75, 3.05) is 0 Å². The SMILES string of the molecule is Cc1[nH]nc(CCC(=O)O)c1-c1cc(Br)ccc1F. The molecule has 0 amide bonds. The average molecular weight is 327 g/mol. The third kappa shape index (κ3) is 3.01. The molecule has 0 bridgehead atoms. The summed E-state index contributed by atoms with van der Waals surface area (Å²) in [6, 6.07) is 4.65. The lowest BCUT2D eigenvalue weighted by molar-refractivity contribution is -0.136. The fourth-order valence-electron chi connectivity index (χ4n) is 1.93. The fraction of sp³-hybridized carbons (Fsp3) is 0.231. The largest absolute Gasteiger partial charge is 0.481 e. The number of benzene rings is 1. The van der Waals surface area contributed by atoms with E-state index in [2.05, 4.69) is 26.1 Å². The summed E-state index contributed by atoms with van der Waals surface area (Å²) in [7, 11) is 0. The molecule has 100 valence electrons. The van der Waals surface area contributed by atoms with Crippen LogP contribution in [0.4, 0.5) is 4.39 Å². The second kappa shape index (κ2) is 5.52. The monoisotopic (exact) mass is 326 g/mol. The molecule has 0 aliphatic rings. The highest BCUT2D eigenvalue weighted by Gasteiger charge is 2.17. The van der Waals surface area contributed by atoms with Crippen molar-refractivity contribution < 1.29 is 14.3 Å². The molecule has 0 fully saturated rings. The molecule has 0 saturated carbocycles. The Balaban J connectivity index is 2.46. The van der Waals surface area contributed by atoms with Gasteiger partial charge in [0.25, 0.3) is 0 Å². The molecule has 19 heavy (non-hydrogen) atoms. The second-order valence-electron chi connectivity index (χ2n) is 4.19. The first-order valence-corrected chi connectivity index (χ1v) is 6.49. The molecule has 0 unspecified atom stereocenters. The Morgan fingerprint density at radius 2 is 2.26 bits per heavy atom. The molecule has 0 saturated heterocycles. The Bertz CT molecular complexity index is 625. The van der Waals surface area contributed by atoms with Crippen molar-refractivity contribution in [3.63, 3.8) is 0 Å². The summed E-state index contributed by atoms with van der Waals surface area (Å²) in [5, 5.41) is 15.6. The van der Waals surface area contributed by atoms with Crippen LogP contribution in [0.3, 0.4) is 0 Å². The molecule has 0 spiro atoms. The van der Waals surface area contributed by atoms with Crippen LogP contribution in [0.2, 0.25) is 0 Å². The number of hydrogen-bond acceptors (Lipinski definition) is 2. The van der Waals surface area contributed by atoms with Crippen molar-refractivity contribution in [3.05, 3.63) is 39.9 Å². The van der Waals surface area contributed by atoms with Gasteiger partial charge in [0.2, 0.25) is 0 Å². The van der Waals surface area contributed by atoms with Crippen molar-refractivity contribution >= 4 is 21.9 Å². The van der Waals surface area contributed by atoms with Crippen molar-refractivity contribution in [1.29, 1.82) is 0 Å². The zero-order valence-corrected chi connectivity index (χ0v) is 11.8. The van der Waals surface area contributed by atoms with Gasteiger partial charge >= 0.3 is 5.97 Å². The zero-order chi connectivity index (χ0) is 14.0. The molecule has 2 aromatic rings. The quantitative estimate of drug-likeness (QED) is 0.905. The molecule has 2 N–H and O–H groups in total. The number of carboxylic acids is 1. The molecule has 1 aromatic carbocycles. The van der Waals surface area contributed by atoms with Crippen LogP contribution in [-0.2, 0) is 11.2 Å². The van der Waals surface area contributed by atoms with Gasteiger partial charge in [-0.3, -0.25) is 9.89 Å². The van der Waals surface area contributed by atoms with Crippen LogP contribution in [0, 0.1) is 12.7 Å². The minimum absolute atomic E-state index is 0.0348. The predicted molar refractivity (Wildman–Crippen MR) is 72.4 cm³/mol. The van der Waals surface area contributed by atoms with Crippen LogP contribution >= 0.6 is 15.9 Å². The van der Waals surface area contributed by atoms with E-state index in [1.54, 1.807) is 19.1 Å². The Kier molecular flexibility index (Phi) is 3.99. The third-order valence-corrected chi connectivity index (χ3v) is 3.29. The molecular formula is C13H12BrFN2O2. The lowest BCUT2D eigenvalue weighted by atomic mass is 10.0. The van der Waals surface area contributed by atoms with Gasteiger partial charge in [0.1, 0.15) is 5.82 Å². The second-order valence-corrected chi connectivity index (χ2v) is 5.10. The van der Waals surface area contributed by atoms with Gasteiger partial charge < -0.3 is 5.11 Å². The predicted octanol–water partition coefficient (Wildman–Crippen LogP) is 3.30. The van der Waals surface area contributed by atoms with E-state index < -0.39 is 5.97 Å². The van der Waals surface area contributed by atoms with Gasteiger partial charge in [0.15, 0.2) is 0 Å². The molecule has 0 aliphatic heterocycles. The van der Waals surface area contributed by atoms with Gasteiger partial charge in [-0.25, -0.2) is 4.39 Å². The van der Waals surface area contributed by atoms with E-state index in [1.165, 1.54) is 6.07 Å². The maximum Gasteiger partial charge on any atom is 0.303 e. The molecule has 6 heteroatoms. The number of aromatic amines is 1. The molecule has 0 atom stereocenters. The Labute approximate surface area is 117 Å². The number of nitrogens with zero attached hydrogens (tertiary/aromatic N) is 1. The van der Waals surface area contributed by atoms with E-state index in [9.17, 15) is 9.18 Å². The van der Waals surface area contributed by atoms with Crippen LogP contribution in [-0.4, -0.2) is 21.3 Å². The van der Waals surface area contributed by atoms with Crippen LogP contribution in [0.15, 0.2) is 22.7 Å².